The second kappa shape index (κ2) is 8.78. The molecule has 0 radical (unpaired) electrons. The number of nitrogens with one attached hydrogen (secondary N) is 2. The molecule has 164 valence electrons. The maximum Gasteiger partial charge on any atom is 0.267 e. The Kier molecular flexibility index (Phi) is 6.05. The van der Waals surface area contributed by atoms with E-state index in [1.165, 1.54) is 30.6 Å². The summed E-state index contributed by atoms with van der Waals surface area (Å²) in [5.41, 5.74) is 0.443. The topological polar surface area (TPSA) is 84.5 Å². The molecule has 0 spiro atoms. The van der Waals surface area contributed by atoms with Crippen molar-refractivity contribution in [3.05, 3.63) is 82.4 Å². The number of carbonyl (C=O) groups excluding carboxylic acids is 1. The molecule has 0 bridgehead atoms. The van der Waals surface area contributed by atoms with E-state index in [9.17, 15) is 17.6 Å². The van der Waals surface area contributed by atoms with E-state index >= 15 is 0 Å². The van der Waals surface area contributed by atoms with Crippen molar-refractivity contribution in [1.82, 2.24) is 0 Å². The van der Waals surface area contributed by atoms with Crippen LogP contribution in [0.1, 0.15) is 9.67 Å². The Balaban J connectivity index is 1.62. The number of ether oxygens (including phenoxy) is 1. The fourth-order valence-electron chi connectivity index (χ4n) is 3.03. The molecular weight excluding hydrogens is 475 g/mol. The minimum atomic E-state index is -4.01. The molecule has 10 heteroatoms. The molecule has 0 fully saturated rings. The number of benzene rings is 3. The van der Waals surface area contributed by atoms with Gasteiger partial charge in [0.15, 0.2) is 0 Å². The largest absolute Gasteiger partial charge is 0.495 e. The fraction of sp³-hybridized carbons (Fsp3) is 0.0455. The van der Waals surface area contributed by atoms with Crippen molar-refractivity contribution in [3.8, 4) is 5.75 Å². The standard InChI is InChI=1S/C22H16ClFN2O4S2/c1-30-18-11-8-14(12-17(18)26-32(28,29)15-9-6-13(24)7-10-15)25-22(27)21-20(23)16-4-2-3-5-19(16)31-21/h2-12,26H,1H3,(H,25,27). The van der Waals surface area contributed by atoms with Crippen LogP contribution in [0.15, 0.2) is 71.6 Å². The van der Waals surface area contributed by atoms with Crippen LogP contribution in [0.3, 0.4) is 0 Å². The molecule has 0 unspecified atom stereocenters. The molecule has 0 saturated heterocycles. The van der Waals surface area contributed by atoms with Crippen molar-refractivity contribution in [1.29, 1.82) is 0 Å². The van der Waals surface area contributed by atoms with Gasteiger partial charge in [-0.15, -0.1) is 11.3 Å². The van der Waals surface area contributed by atoms with Gasteiger partial charge in [-0.2, -0.15) is 0 Å². The van der Waals surface area contributed by atoms with Crippen LogP contribution in [0.2, 0.25) is 5.02 Å². The summed E-state index contributed by atoms with van der Waals surface area (Å²) >= 11 is 7.64. The Hall–Kier alpha value is -3.14. The number of carbonyl (C=O) groups is 1. The van der Waals surface area contributed by atoms with Crippen LogP contribution in [-0.4, -0.2) is 21.4 Å². The van der Waals surface area contributed by atoms with Crippen LogP contribution >= 0.6 is 22.9 Å². The number of methoxy groups -OCH3 is 1. The molecule has 2 N–H and O–H groups in total. The number of thiophene rings is 1. The molecule has 1 amide bonds. The first-order valence-electron chi connectivity index (χ1n) is 9.23. The van der Waals surface area contributed by atoms with Gasteiger partial charge in [0.1, 0.15) is 16.4 Å². The minimum absolute atomic E-state index is 0.108. The molecular formula is C22H16ClFN2O4S2. The Morgan fingerprint density at radius 1 is 1.06 bits per heavy atom. The third-order valence-corrected chi connectivity index (χ3v) is 7.62. The first-order valence-corrected chi connectivity index (χ1v) is 11.9. The second-order valence-corrected chi connectivity index (χ2v) is 9.78. The molecule has 4 rings (SSSR count). The molecule has 32 heavy (non-hydrogen) atoms. The molecule has 0 aliphatic heterocycles. The normalized spacial score (nSPS) is 11.3. The number of hydrogen-bond donors (Lipinski definition) is 2. The summed E-state index contributed by atoms with van der Waals surface area (Å²) in [6.07, 6.45) is 0. The van der Waals surface area contributed by atoms with Gasteiger partial charge in [0.05, 0.1) is 22.7 Å². The van der Waals surface area contributed by atoms with E-state index in [0.717, 1.165) is 34.4 Å². The van der Waals surface area contributed by atoms with Crippen molar-refractivity contribution in [2.75, 3.05) is 17.1 Å². The van der Waals surface area contributed by atoms with Gasteiger partial charge in [0.25, 0.3) is 15.9 Å². The molecule has 0 aliphatic carbocycles. The van der Waals surface area contributed by atoms with Crippen molar-refractivity contribution in [3.63, 3.8) is 0 Å². The number of hydrogen-bond acceptors (Lipinski definition) is 5. The number of anilines is 2. The highest BCUT2D eigenvalue weighted by Crippen LogP contribution is 2.36. The highest BCUT2D eigenvalue weighted by atomic mass is 35.5. The van der Waals surface area contributed by atoms with Gasteiger partial charge in [-0.25, -0.2) is 12.8 Å². The van der Waals surface area contributed by atoms with Crippen LogP contribution in [0, 0.1) is 5.82 Å². The van der Waals surface area contributed by atoms with E-state index in [2.05, 4.69) is 10.0 Å². The molecule has 0 aliphatic rings. The highest BCUT2D eigenvalue weighted by molar-refractivity contribution is 7.92. The Morgan fingerprint density at radius 3 is 2.47 bits per heavy atom. The number of fused-ring (bicyclic) bond motifs is 1. The molecule has 6 nitrogen and oxygen atoms in total. The minimum Gasteiger partial charge on any atom is -0.495 e. The molecule has 4 aromatic rings. The van der Waals surface area contributed by atoms with E-state index in [-0.39, 0.29) is 16.3 Å². The number of rotatable bonds is 6. The summed E-state index contributed by atoms with van der Waals surface area (Å²) in [4.78, 5) is 13.0. The van der Waals surface area contributed by atoms with E-state index in [1.54, 1.807) is 6.07 Å². The first kappa shape index (κ1) is 22.1. The maximum absolute atomic E-state index is 13.1. The zero-order chi connectivity index (χ0) is 22.9. The summed E-state index contributed by atoms with van der Waals surface area (Å²) in [6, 6.07) is 16.3. The Labute approximate surface area is 192 Å². The Bertz CT molecular complexity index is 1420. The average molecular weight is 491 g/mol. The van der Waals surface area contributed by atoms with Crippen LogP contribution in [0.5, 0.6) is 5.75 Å². The fourth-order valence-corrected chi connectivity index (χ4v) is 5.50. The van der Waals surface area contributed by atoms with Gasteiger partial charge in [-0.1, -0.05) is 29.8 Å². The predicted octanol–water partition coefficient (Wildman–Crippen LogP) is 5.76. The van der Waals surface area contributed by atoms with Gasteiger partial charge in [0, 0.05) is 15.8 Å². The van der Waals surface area contributed by atoms with E-state index in [4.69, 9.17) is 16.3 Å². The zero-order valence-corrected chi connectivity index (χ0v) is 18.9. The van der Waals surface area contributed by atoms with E-state index in [1.807, 2.05) is 24.3 Å². The van der Waals surface area contributed by atoms with Crippen LogP contribution in [-0.2, 0) is 10.0 Å². The third-order valence-electron chi connectivity index (χ3n) is 4.57. The predicted molar refractivity (Wildman–Crippen MR) is 125 cm³/mol. The Morgan fingerprint density at radius 2 is 1.78 bits per heavy atom. The summed E-state index contributed by atoms with van der Waals surface area (Å²) < 4.78 is 47.0. The van der Waals surface area contributed by atoms with Crippen molar-refractivity contribution in [2.24, 2.45) is 0 Å². The lowest BCUT2D eigenvalue weighted by molar-refractivity contribution is 0.103. The van der Waals surface area contributed by atoms with Crippen LogP contribution in [0.25, 0.3) is 10.1 Å². The number of halogens is 2. The van der Waals surface area contributed by atoms with Crippen molar-refractivity contribution >= 4 is 60.3 Å². The molecule has 1 aromatic heterocycles. The molecule has 0 atom stereocenters. The highest BCUT2D eigenvalue weighted by Gasteiger charge is 2.20. The third kappa shape index (κ3) is 4.40. The van der Waals surface area contributed by atoms with Gasteiger partial charge < -0.3 is 10.1 Å². The lowest BCUT2D eigenvalue weighted by Crippen LogP contribution is -2.15. The van der Waals surface area contributed by atoms with Gasteiger partial charge >= 0.3 is 0 Å². The summed E-state index contributed by atoms with van der Waals surface area (Å²) in [5.74, 6) is -0.728. The first-order chi connectivity index (χ1) is 15.3. The zero-order valence-electron chi connectivity index (χ0n) is 16.6. The van der Waals surface area contributed by atoms with Crippen molar-refractivity contribution < 1.29 is 22.3 Å². The monoisotopic (exact) mass is 490 g/mol. The van der Waals surface area contributed by atoms with E-state index < -0.39 is 21.7 Å². The lowest BCUT2D eigenvalue weighted by Gasteiger charge is -2.14. The van der Waals surface area contributed by atoms with Gasteiger partial charge in [-0.05, 0) is 48.5 Å². The van der Waals surface area contributed by atoms with Crippen molar-refractivity contribution in [2.45, 2.75) is 4.90 Å². The van der Waals surface area contributed by atoms with Crippen LogP contribution in [0.4, 0.5) is 15.8 Å². The summed E-state index contributed by atoms with van der Waals surface area (Å²) in [5, 5.41) is 3.87. The summed E-state index contributed by atoms with van der Waals surface area (Å²) in [7, 11) is -2.62. The second-order valence-electron chi connectivity index (χ2n) is 6.67. The van der Waals surface area contributed by atoms with Gasteiger partial charge in [-0.3, -0.25) is 9.52 Å². The lowest BCUT2D eigenvalue weighted by atomic mass is 10.2. The molecule has 3 aromatic carbocycles. The average Bonchev–Trinajstić information content (AvgIpc) is 3.11. The van der Waals surface area contributed by atoms with Gasteiger partial charge in [0.2, 0.25) is 0 Å². The molecule has 1 heterocycles. The SMILES string of the molecule is COc1ccc(NC(=O)c2sc3ccccc3c2Cl)cc1NS(=O)(=O)c1ccc(F)cc1. The smallest absolute Gasteiger partial charge is 0.267 e. The quantitative estimate of drug-likeness (QED) is 0.360. The molecule has 0 saturated carbocycles. The summed E-state index contributed by atoms with van der Waals surface area (Å²) in [6.45, 7) is 0. The van der Waals surface area contributed by atoms with E-state index in [0.29, 0.717) is 15.6 Å². The number of sulfonamides is 1. The van der Waals surface area contributed by atoms with Crippen LogP contribution < -0.4 is 14.8 Å². The number of amides is 1. The maximum atomic E-state index is 13.1.